The first-order valence-electron chi connectivity index (χ1n) is 6.32. The Morgan fingerprint density at radius 1 is 1.11 bits per heavy atom. The van der Waals surface area contributed by atoms with E-state index in [-0.39, 0.29) is 5.82 Å². The summed E-state index contributed by atoms with van der Waals surface area (Å²) in [4.78, 5) is 0. The maximum absolute atomic E-state index is 13.6. The molecule has 0 amide bonds. The SMILES string of the molecule is COc1ccc(CCNc2ccc(C)cc2F)cc1. The van der Waals surface area contributed by atoms with Crippen molar-refractivity contribution in [1.29, 1.82) is 0 Å². The Kier molecular flexibility index (Phi) is 4.39. The summed E-state index contributed by atoms with van der Waals surface area (Å²) >= 11 is 0. The number of ether oxygens (including phenoxy) is 1. The van der Waals surface area contributed by atoms with E-state index in [1.165, 1.54) is 11.6 Å². The smallest absolute Gasteiger partial charge is 0.146 e. The number of benzene rings is 2. The largest absolute Gasteiger partial charge is 0.497 e. The van der Waals surface area contributed by atoms with Crippen LogP contribution >= 0.6 is 0 Å². The number of nitrogens with one attached hydrogen (secondary N) is 1. The molecule has 2 nitrogen and oxygen atoms in total. The molecule has 0 fully saturated rings. The zero-order chi connectivity index (χ0) is 13.7. The van der Waals surface area contributed by atoms with Gasteiger partial charge in [-0.15, -0.1) is 0 Å². The van der Waals surface area contributed by atoms with Crippen molar-refractivity contribution in [2.24, 2.45) is 0 Å². The molecule has 19 heavy (non-hydrogen) atoms. The lowest BCUT2D eigenvalue weighted by Gasteiger charge is -2.08. The van der Waals surface area contributed by atoms with Crippen LogP contribution in [0, 0.1) is 12.7 Å². The summed E-state index contributed by atoms with van der Waals surface area (Å²) in [6.07, 6.45) is 0.845. The molecule has 0 heterocycles. The molecule has 0 spiro atoms. The van der Waals surface area contributed by atoms with Crippen LogP contribution in [-0.2, 0) is 6.42 Å². The molecule has 2 aromatic rings. The van der Waals surface area contributed by atoms with E-state index in [0.29, 0.717) is 12.2 Å². The highest BCUT2D eigenvalue weighted by atomic mass is 19.1. The predicted molar refractivity (Wildman–Crippen MR) is 76.3 cm³/mol. The quantitative estimate of drug-likeness (QED) is 0.882. The number of anilines is 1. The fourth-order valence-corrected chi connectivity index (χ4v) is 1.90. The van der Waals surface area contributed by atoms with E-state index in [1.54, 1.807) is 13.2 Å². The van der Waals surface area contributed by atoms with Crippen molar-refractivity contribution in [2.75, 3.05) is 19.0 Å². The van der Waals surface area contributed by atoms with Gasteiger partial charge in [0.1, 0.15) is 11.6 Å². The van der Waals surface area contributed by atoms with Crippen LogP contribution in [0.1, 0.15) is 11.1 Å². The molecule has 0 unspecified atom stereocenters. The number of rotatable bonds is 5. The van der Waals surface area contributed by atoms with Crippen LogP contribution in [0.2, 0.25) is 0 Å². The van der Waals surface area contributed by atoms with E-state index in [4.69, 9.17) is 4.74 Å². The summed E-state index contributed by atoms with van der Waals surface area (Å²) in [5.41, 5.74) is 2.68. The Labute approximate surface area is 113 Å². The van der Waals surface area contributed by atoms with Gasteiger partial charge < -0.3 is 10.1 Å². The summed E-state index contributed by atoms with van der Waals surface area (Å²) in [6.45, 7) is 2.58. The lowest BCUT2D eigenvalue weighted by atomic mass is 10.1. The van der Waals surface area contributed by atoms with Gasteiger partial charge in [-0.05, 0) is 48.7 Å². The standard InChI is InChI=1S/C16H18FNO/c1-12-3-8-16(15(17)11-12)18-10-9-13-4-6-14(19-2)7-5-13/h3-8,11,18H,9-10H2,1-2H3. The zero-order valence-corrected chi connectivity index (χ0v) is 11.2. The minimum absolute atomic E-state index is 0.199. The van der Waals surface area contributed by atoms with Crippen molar-refractivity contribution in [3.63, 3.8) is 0 Å². The predicted octanol–water partition coefficient (Wildman–Crippen LogP) is 3.80. The van der Waals surface area contributed by atoms with Crippen molar-refractivity contribution in [2.45, 2.75) is 13.3 Å². The Balaban J connectivity index is 1.88. The normalized spacial score (nSPS) is 10.3. The molecule has 0 bridgehead atoms. The summed E-state index contributed by atoms with van der Waals surface area (Å²) < 4.78 is 18.7. The van der Waals surface area contributed by atoms with Crippen LogP contribution in [0.15, 0.2) is 42.5 Å². The number of halogens is 1. The van der Waals surface area contributed by atoms with E-state index in [1.807, 2.05) is 37.3 Å². The maximum Gasteiger partial charge on any atom is 0.146 e. The molecule has 0 atom stereocenters. The van der Waals surface area contributed by atoms with Gasteiger partial charge in [-0.1, -0.05) is 18.2 Å². The van der Waals surface area contributed by atoms with E-state index in [9.17, 15) is 4.39 Å². The lowest BCUT2D eigenvalue weighted by molar-refractivity contribution is 0.414. The molecular formula is C16H18FNO. The molecule has 2 aromatic carbocycles. The Bertz CT molecular complexity index is 537. The zero-order valence-electron chi connectivity index (χ0n) is 11.2. The molecule has 0 aliphatic rings. The van der Waals surface area contributed by atoms with Crippen LogP contribution < -0.4 is 10.1 Å². The van der Waals surface area contributed by atoms with E-state index < -0.39 is 0 Å². The van der Waals surface area contributed by atoms with Gasteiger partial charge in [-0.25, -0.2) is 4.39 Å². The van der Waals surface area contributed by atoms with E-state index >= 15 is 0 Å². The second kappa shape index (κ2) is 6.23. The van der Waals surface area contributed by atoms with Crippen LogP contribution in [0.25, 0.3) is 0 Å². The average molecular weight is 259 g/mol. The summed E-state index contributed by atoms with van der Waals surface area (Å²) in [6, 6.07) is 13.1. The van der Waals surface area contributed by atoms with E-state index in [2.05, 4.69) is 5.32 Å². The third kappa shape index (κ3) is 3.71. The first-order valence-corrected chi connectivity index (χ1v) is 6.32. The fourth-order valence-electron chi connectivity index (χ4n) is 1.90. The van der Waals surface area contributed by atoms with Gasteiger partial charge in [-0.2, -0.15) is 0 Å². The fraction of sp³-hybridized carbons (Fsp3) is 0.250. The topological polar surface area (TPSA) is 21.3 Å². The first-order chi connectivity index (χ1) is 9.19. The van der Waals surface area contributed by atoms with Gasteiger partial charge in [0.05, 0.1) is 12.8 Å². The molecular weight excluding hydrogens is 241 g/mol. The maximum atomic E-state index is 13.6. The Morgan fingerprint density at radius 3 is 2.47 bits per heavy atom. The van der Waals surface area contributed by atoms with Crippen molar-refractivity contribution >= 4 is 5.69 Å². The highest BCUT2D eigenvalue weighted by Crippen LogP contribution is 2.16. The van der Waals surface area contributed by atoms with Crippen molar-refractivity contribution in [1.82, 2.24) is 0 Å². The van der Waals surface area contributed by atoms with Crippen LogP contribution in [0.5, 0.6) is 5.75 Å². The number of hydrogen-bond donors (Lipinski definition) is 1. The lowest BCUT2D eigenvalue weighted by Crippen LogP contribution is -2.06. The Morgan fingerprint density at radius 2 is 1.84 bits per heavy atom. The number of methoxy groups -OCH3 is 1. The molecule has 0 saturated carbocycles. The van der Waals surface area contributed by atoms with Gasteiger partial charge in [0, 0.05) is 6.54 Å². The van der Waals surface area contributed by atoms with Gasteiger partial charge in [-0.3, -0.25) is 0 Å². The Hall–Kier alpha value is -2.03. The van der Waals surface area contributed by atoms with Gasteiger partial charge in [0.2, 0.25) is 0 Å². The monoisotopic (exact) mass is 259 g/mol. The molecule has 3 heteroatoms. The van der Waals surface area contributed by atoms with Crippen molar-refractivity contribution in [3.05, 3.63) is 59.4 Å². The second-order valence-electron chi connectivity index (χ2n) is 4.51. The third-order valence-electron chi connectivity index (χ3n) is 3.01. The molecule has 1 N–H and O–H groups in total. The molecule has 2 rings (SSSR count). The number of aryl methyl sites for hydroxylation is 1. The minimum atomic E-state index is -0.199. The molecule has 0 aliphatic carbocycles. The van der Waals surface area contributed by atoms with E-state index in [0.717, 1.165) is 17.7 Å². The highest BCUT2D eigenvalue weighted by Gasteiger charge is 2.01. The summed E-state index contributed by atoms with van der Waals surface area (Å²) in [5.74, 6) is 0.649. The average Bonchev–Trinajstić information content (AvgIpc) is 2.42. The first kappa shape index (κ1) is 13.4. The van der Waals surface area contributed by atoms with Crippen molar-refractivity contribution in [3.8, 4) is 5.75 Å². The van der Waals surface area contributed by atoms with Gasteiger partial charge >= 0.3 is 0 Å². The molecule has 0 radical (unpaired) electrons. The third-order valence-corrected chi connectivity index (χ3v) is 3.01. The summed E-state index contributed by atoms with van der Waals surface area (Å²) in [7, 11) is 1.65. The highest BCUT2D eigenvalue weighted by molar-refractivity contribution is 5.46. The molecule has 0 saturated heterocycles. The van der Waals surface area contributed by atoms with Gasteiger partial charge in [0.15, 0.2) is 0 Å². The molecule has 100 valence electrons. The molecule has 0 aliphatic heterocycles. The number of hydrogen-bond acceptors (Lipinski definition) is 2. The second-order valence-corrected chi connectivity index (χ2v) is 4.51. The molecule has 0 aromatic heterocycles. The van der Waals surface area contributed by atoms with Gasteiger partial charge in [0.25, 0.3) is 0 Å². The minimum Gasteiger partial charge on any atom is -0.497 e. The summed E-state index contributed by atoms with van der Waals surface area (Å²) in [5, 5.41) is 3.11. The van der Waals surface area contributed by atoms with Crippen molar-refractivity contribution < 1.29 is 9.13 Å². The van der Waals surface area contributed by atoms with Crippen LogP contribution in [0.3, 0.4) is 0 Å². The van der Waals surface area contributed by atoms with Crippen LogP contribution in [-0.4, -0.2) is 13.7 Å². The van der Waals surface area contributed by atoms with Crippen LogP contribution in [0.4, 0.5) is 10.1 Å².